The van der Waals surface area contributed by atoms with Crippen LogP contribution in [0.15, 0.2) is 18.2 Å². The van der Waals surface area contributed by atoms with E-state index in [-0.39, 0.29) is 17.2 Å². The van der Waals surface area contributed by atoms with Crippen LogP contribution in [0.2, 0.25) is 0 Å². The molecule has 5 heteroatoms. The van der Waals surface area contributed by atoms with Gasteiger partial charge in [-0.25, -0.2) is 0 Å². The third kappa shape index (κ3) is 2.80. The van der Waals surface area contributed by atoms with Gasteiger partial charge < -0.3 is 5.11 Å². The lowest BCUT2D eigenvalue weighted by Crippen LogP contribution is -2.15. The Hall–Kier alpha value is -1.93. The quantitative estimate of drug-likeness (QED) is 0.639. The van der Waals surface area contributed by atoms with Gasteiger partial charge in [0.05, 0.1) is 22.7 Å². The second kappa shape index (κ2) is 5.41. The normalized spacial score (nSPS) is 13.8. The molecule has 0 bridgehead atoms. The van der Waals surface area contributed by atoms with Crippen molar-refractivity contribution in [2.75, 3.05) is 0 Å². The topological polar surface area (TPSA) is 87.2 Å². The lowest BCUT2D eigenvalue weighted by atomic mass is 9.88. The highest BCUT2D eigenvalue weighted by molar-refractivity contribution is 5.48. The SMILES string of the molecule is CCC(c1ccc([N+](=O)[O-])cc1C#N)C(C)O. The van der Waals surface area contributed by atoms with Crippen molar-refractivity contribution in [3.63, 3.8) is 0 Å². The van der Waals surface area contributed by atoms with Gasteiger partial charge in [-0.15, -0.1) is 0 Å². The summed E-state index contributed by atoms with van der Waals surface area (Å²) in [6.45, 7) is 3.55. The molecule has 0 aliphatic rings. The molecule has 0 aliphatic heterocycles. The Morgan fingerprint density at radius 1 is 1.59 bits per heavy atom. The number of rotatable bonds is 4. The van der Waals surface area contributed by atoms with Crippen molar-refractivity contribution in [1.82, 2.24) is 0 Å². The van der Waals surface area contributed by atoms with Crippen LogP contribution in [0.3, 0.4) is 0 Å². The smallest absolute Gasteiger partial charge is 0.270 e. The Morgan fingerprint density at radius 3 is 2.65 bits per heavy atom. The second-order valence-corrected chi connectivity index (χ2v) is 3.90. The van der Waals surface area contributed by atoms with Crippen LogP contribution in [0.5, 0.6) is 0 Å². The van der Waals surface area contributed by atoms with E-state index in [1.54, 1.807) is 13.0 Å². The number of hydrogen-bond acceptors (Lipinski definition) is 4. The molecular weight excluding hydrogens is 220 g/mol. The van der Waals surface area contributed by atoms with Crippen molar-refractivity contribution in [1.29, 1.82) is 5.26 Å². The van der Waals surface area contributed by atoms with Crippen molar-refractivity contribution in [2.24, 2.45) is 0 Å². The molecule has 0 spiro atoms. The van der Waals surface area contributed by atoms with Gasteiger partial charge >= 0.3 is 0 Å². The van der Waals surface area contributed by atoms with Crippen LogP contribution in [0, 0.1) is 21.4 Å². The molecule has 0 radical (unpaired) electrons. The van der Waals surface area contributed by atoms with Gasteiger partial charge in [0.2, 0.25) is 0 Å². The third-order valence-electron chi connectivity index (χ3n) is 2.79. The molecule has 90 valence electrons. The molecular formula is C12H14N2O3. The summed E-state index contributed by atoms with van der Waals surface area (Å²) in [6, 6.07) is 6.11. The van der Waals surface area contributed by atoms with E-state index in [0.29, 0.717) is 12.0 Å². The summed E-state index contributed by atoms with van der Waals surface area (Å²) in [5, 5.41) is 29.2. The molecule has 1 aromatic rings. The molecule has 1 rings (SSSR count). The Bertz CT molecular complexity index is 463. The number of hydrogen-bond donors (Lipinski definition) is 1. The van der Waals surface area contributed by atoms with E-state index in [1.807, 2.05) is 13.0 Å². The van der Waals surface area contributed by atoms with Gasteiger partial charge in [0.1, 0.15) is 0 Å². The standard InChI is InChI=1S/C12H14N2O3/c1-3-11(8(2)15)12-5-4-10(14(16)17)6-9(12)7-13/h4-6,8,11,15H,3H2,1-2H3. The van der Waals surface area contributed by atoms with E-state index in [1.165, 1.54) is 12.1 Å². The van der Waals surface area contributed by atoms with Crippen LogP contribution in [-0.2, 0) is 0 Å². The van der Waals surface area contributed by atoms with E-state index in [0.717, 1.165) is 0 Å². The van der Waals surface area contributed by atoms with Crippen LogP contribution >= 0.6 is 0 Å². The van der Waals surface area contributed by atoms with Gasteiger partial charge in [-0.2, -0.15) is 5.26 Å². The highest BCUT2D eigenvalue weighted by Crippen LogP contribution is 2.28. The van der Waals surface area contributed by atoms with Gasteiger partial charge in [-0.05, 0) is 18.9 Å². The second-order valence-electron chi connectivity index (χ2n) is 3.90. The fourth-order valence-electron chi connectivity index (χ4n) is 1.90. The number of nitro benzene ring substituents is 1. The Kier molecular flexibility index (Phi) is 4.18. The number of aliphatic hydroxyl groups excluding tert-OH is 1. The van der Waals surface area contributed by atoms with E-state index in [4.69, 9.17) is 5.26 Å². The number of nitriles is 1. The highest BCUT2D eigenvalue weighted by Gasteiger charge is 2.20. The summed E-state index contributed by atoms with van der Waals surface area (Å²) in [5.41, 5.74) is 0.813. The van der Waals surface area contributed by atoms with Crippen LogP contribution < -0.4 is 0 Å². The van der Waals surface area contributed by atoms with Crippen molar-refractivity contribution >= 4 is 5.69 Å². The minimum Gasteiger partial charge on any atom is -0.393 e. The maximum absolute atomic E-state index is 10.6. The molecule has 0 fully saturated rings. The summed E-state index contributed by atoms with van der Waals surface area (Å²) in [7, 11) is 0. The third-order valence-corrected chi connectivity index (χ3v) is 2.79. The molecule has 0 saturated carbocycles. The van der Waals surface area contributed by atoms with E-state index in [9.17, 15) is 15.2 Å². The van der Waals surface area contributed by atoms with Crippen molar-refractivity contribution < 1.29 is 10.0 Å². The zero-order chi connectivity index (χ0) is 13.0. The Labute approximate surface area is 99.5 Å². The predicted octanol–water partition coefficient (Wildman–Crippen LogP) is 2.34. The molecule has 0 heterocycles. The van der Waals surface area contributed by atoms with E-state index >= 15 is 0 Å². The van der Waals surface area contributed by atoms with Gasteiger partial charge in [0, 0.05) is 18.1 Å². The number of nitrogens with zero attached hydrogens (tertiary/aromatic N) is 2. The minimum absolute atomic E-state index is 0.106. The molecule has 2 atom stereocenters. The summed E-state index contributed by atoms with van der Waals surface area (Å²) in [4.78, 5) is 10.1. The Morgan fingerprint density at radius 2 is 2.24 bits per heavy atom. The average Bonchev–Trinajstić information content (AvgIpc) is 2.29. The lowest BCUT2D eigenvalue weighted by Gasteiger charge is -2.19. The number of benzene rings is 1. The molecule has 0 aromatic heterocycles. The maximum atomic E-state index is 10.6. The first-order chi connectivity index (χ1) is 8.01. The number of nitro groups is 1. The first-order valence-corrected chi connectivity index (χ1v) is 5.37. The van der Waals surface area contributed by atoms with Crippen LogP contribution in [0.1, 0.15) is 37.3 Å². The summed E-state index contributed by atoms with van der Waals surface area (Å²) < 4.78 is 0. The maximum Gasteiger partial charge on any atom is 0.270 e. The zero-order valence-electron chi connectivity index (χ0n) is 9.75. The highest BCUT2D eigenvalue weighted by atomic mass is 16.6. The first-order valence-electron chi connectivity index (χ1n) is 5.37. The summed E-state index contributed by atoms with van der Waals surface area (Å²) in [5.74, 6) is -0.176. The van der Waals surface area contributed by atoms with E-state index < -0.39 is 11.0 Å². The predicted molar refractivity (Wildman–Crippen MR) is 62.5 cm³/mol. The monoisotopic (exact) mass is 234 g/mol. The van der Waals surface area contributed by atoms with Crippen LogP contribution in [0.25, 0.3) is 0 Å². The minimum atomic E-state index is -0.589. The fourth-order valence-corrected chi connectivity index (χ4v) is 1.90. The molecule has 0 saturated heterocycles. The van der Waals surface area contributed by atoms with Crippen LogP contribution in [-0.4, -0.2) is 16.1 Å². The lowest BCUT2D eigenvalue weighted by molar-refractivity contribution is -0.384. The van der Waals surface area contributed by atoms with Crippen molar-refractivity contribution in [3.8, 4) is 6.07 Å². The van der Waals surface area contributed by atoms with Crippen LogP contribution in [0.4, 0.5) is 5.69 Å². The van der Waals surface area contributed by atoms with E-state index in [2.05, 4.69) is 0 Å². The largest absolute Gasteiger partial charge is 0.393 e. The van der Waals surface area contributed by atoms with Crippen molar-refractivity contribution in [3.05, 3.63) is 39.4 Å². The molecule has 0 amide bonds. The zero-order valence-corrected chi connectivity index (χ0v) is 9.75. The first kappa shape index (κ1) is 13.1. The average molecular weight is 234 g/mol. The fraction of sp³-hybridized carbons (Fsp3) is 0.417. The number of non-ortho nitro benzene ring substituents is 1. The molecule has 1 aromatic carbocycles. The van der Waals surface area contributed by atoms with Gasteiger partial charge in [-0.3, -0.25) is 10.1 Å². The van der Waals surface area contributed by atoms with Gasteiger partial charge in [-0.1, -0.05) is 13.0 Å². The van der Waals surface area contributed by atoms with Crippen molar-refractivity contribution in [2.45, 2.75) is 32.3 Å². The summed E-state index contributed by atoms with van der Waals surface area (Å²) in [6.07, 6.45) is 0.0815. The number of aliphatic hydroxyl groups is 1. The summed E-state index contributed by atoms with van der Waals surface area (Å²) >= 11 is 0. The molecule has 1 N–H and O–H groups in total. The Balaban J connectivity index is 3.26. The van der Waals surface area contributed by atoms with Gasteiger partial charge in [0.15, 0.2) is 0 Å². The molecule has 5 nitrogen and oxygen atoms in total. The molecule has 17 heavy (non-hydrogen) atoms. The molecule has 2 unspecified atom stereocenters. The van der Waals surface area contributed by atoms with Gasteiger partial charge in [0.25, 0.3) is 5.69 Å². The molecule has 0 aliphatic carbocycles.